The Morgan fingerprint density at radius 1 is 0.698 bits per heavy atom. The van der Waals surface area contributed by atoms with Crippen LogP contribution in [0.2, 0.25) is 0 Å². The van der Waals surface area contributed by atoms with Crippen LogP contribution in [0, 0.1) is 5.92 Å². The van der Waals surface area contributed by atoms with Gasteiger partial charge < -0.3 is 9.47 Å². The molecule has 0 radical (unpaired) electrons. The Morgan fingerprint density at radius 2 is 1.14 bits per heavy atom. The minimum absolute atomic E-state index is 0.0342. The molecule has 0 bridgehead atoms. The van der Waals surface area contributed by atoms with E-state index in [-0.39, 0.29) is 52.5 Å². The van der Waals surface area contributed by atoms with E-state index in [2.05, 4.69) is 23.8 Å². The molecule has 224 valence electrons. The molecule has 2 aromatic rings. The van der Waals surface area contributed by atoms with Gasteiger partial charge in [-0.25, -0.2) is 9.59 Å². The van der Waals surface area contributed by atoms with Crippen LogP contribution < -0.4 is 10.6 Å². The quantitative estimate of drug-likeness (QED) is 0.198. The summed E-state index contributed by atoms with van der Waals surface area (Å²) in [6, 6.07) is 5.93. The summed E-state index contributed by atoms with van der Waals surface area (Å²) in [6.45, 7) is 13.0. The standard InChI is InChI=1S/C33H34N2O8/c1-17(2)15-42-32(40)22-11-13-24-26(30(38)34-28(24)36)20(22)8-6-7-19(5)9-10-21-23(33(41)43-16-18(3)4)12-14-25-27(21)31(39)35-29(25)37/h11-14,19H,1,3,6-10,15-16H2,2,4-5H3,(H,34,36,38)(H,35,37,39). The molecule has 0 spiro atoms. The Kier molecular flexibility index (Phi) is 9.38. The fraction of sp³-hybridized carbons (Fsp3) is 0.333. The number of imide groups is 2. The van der Waals surface area contributed by atoms with Crippen molar-refractivity contribution in [3.05, 3.63) is 93.1 Å². The topological polar surface area (TPSA) is 145 Å². The van der Waals surface area contributed by atoms with Crippen molar-refractivity contribution in [3.8, 4) is 0 Å². The van der Waals surface area contributed by atoms with Crippen LogP contribution in [0.5, 0.6) is 0 Å². The van der Waals surface area contributed by atoms with E-state index in [1.807, 2.05) is 6.92 Å². The van der Waals surface area contributed by atoms with Crippen LogP contribution in [-0.2, 0) is 22.3 Å². The van der Waals surface area contributed by atoms with Gasteiger partial charge in [-0.05, 0) is 92.0 Å². The summed E-state index contributed by atoms with van der Waals surface area (Å²) in [7, 11) is 0. The summed E-state index contributed by atoms with van der Waals surface area (Å²) in [5, 5.41) is 4.58. The van der Waals surface area contributed by atoms with Crippen LogP contribution in [-0.4, -0.2) is 48.8 Å². The van der Waals surface area contributed by atoms with Gasteiger partial charge in [-0.15, -0.1) is 0 Å². The van der Waals surface area contributed by atoms with Crippen LogP contribution >= 0.6 is 0 Å². The van der Waals surface area contributed by atoms with Crippen molar-refractivity contribution in [2.75, 3.05) is 13.2 Å². The van der Waals surface area contributed by atoms with Gasteiger partial charge in [-0.1, -0.05) is 26.5 Å². The van der Waals surface area contributed by atoms with E-state index in [0.29, 0.717) is 54.4 Å². The van der Waals surface area contributed by atoms with E-state index >= 15 is 0 Å². The molecule has 0 aromatic heterocycles. The molecule has 0 saturated heterocycles. The van der Waals surface area contributed by atoms with Crippen LogP contribution in [0.4, 0.5) is 0 Å². The first-order valence-corrected chi connectivity index (χ1v) is 14.0. The maximum Gasteiger partial charge on any atom is 0.338 e. The zero-order valence-corrected chi connectivity index (χ0v) is 24.5. The molecule has 2 aliphatic heterocycles. The summed E-state index contributed by atoms with van der Waals surface area (Å²) in [5.41, 5.74) is 3.52. The molecule has 4 amide bonds. The largest absolute Gasteiger partial charge is 0.458 e. The highest BCUT2D eigenvalue weighted by Gasteiger charge is 2.34. The van der Waals surface area contributed by atoms with Gasteiger partial charge in [0.1, 0.15) is 13.2 Å². The number of hydrogen-bond donors (Lipinski definition) is 2. The van der Waals surface area contributed by atoms with Gasteiger partial charge in [-0.2, -0.15) is 0 Å². The number of amides is 4. The van der Waals surface area contributed by atoms with Crippen molar-refractivity contribution in [1.82, 2.24) is 10.6 Å². The normalized spacial score (nSPS) is 14.0. The zero-order chi connectivity index (χ0) is 31.4. The van der Waals surface area contributed by atoms with Crippen molar-refractivity contribution < 1.29 is 38.2 Å². The lowest BCUT2D eigenvalue weighted by Crippen LogP contribution is -2.21. The number of fused-ring (bicyclic) bond motifs is 2. The van der Waals surface area contributed by atoms with Crippen LogP contribution in [0.15, 0.2) is 48.6 Å². The Morgan fingerprint density at radius 3 is 1.58 bits per heavy atom. The molecule has 2 heterocycles. The molecule has 4 rings (SSSR count). The fourth-order valence-electron chi connectivity index (χ4n) is 5.26. The maximum atomic E-state index is 12.9. The summed E-state index contributed by atoms with van der Waals surface area (Å²) < 4.78 is 10.7. The first-order chi connectivity index (χ1) is 20.4. The van der Waals surface area contributed by atoms with E-state index < -0.39 is 35.6 Å². The zero-order valence-electron chi connectivity index (χ0n) is 24.5. The summed E-state index contributed by atoms with van der Waals surface area (Å²) in [5.74, 6) is -3.21. The van der Waals surface area contributed by atoms with Crippen molar-refractivity contribution in [2.45, 2.75) is 52.9 Å². The van der Waals surface area contributed by atoms with Gasteiger partial charge in [-0.3, -0.25) is 29.8 Å². The smallest absolute Gasteiger partial charge is 0.338 e. The number of ether oxygens (including phenoxy) is 2. The van der Waals surface area contributed by atoms with Crippen molar-refractivity contribution in [3.63, 3.8) is 0 Å². The molecule has 0 saturated carbocycles. The molecular formula is C33H34N2O8. The molecule has 0 fully saturated rings. The monoisotopic (exact) mass is 586 g/mol. The second-order valence-electron chi connectivity index (χ2n) is 11.2. The molecule has 10 heteroatoms. The Labute approximate surface area is 249 Å². The van der Waals surface area contributed by atoms with Gasteiger partial charge in [0.05, 0.1) is 33.4 Å². The molecule has 2 N–H and O–H groups in total. The van der Waals surface area contributed by atoms with Crippen molar-refractivity contribution in [1.29, 1.82) is 0 Å². The number of hydrogen-bond acceptors (Lipinski definition) is 8. The third-order valence-corrected chi connectivity index (χ3v) is 7.37. The van der Waals surface area contributed by atoms with Gasteiger partial charge in [0, 0.05) is 0 Å². The lowest BCUT2D eigenvalue weighted by molar-refractivity contribution is 0.0529. The Balaban J connectivity index is 1.49. The highest BCUT2D eigenvalue weighted by atomic mass is 16.5. The molecule has 1 atom stereocenters. The van der Waals surface area contributed by atoms with Crippen molar-refractivity contribution in [2.24, 2.45) is 5.92 Å². The van der Waals surface area contributed by atoms with Crippen molar-refractivity contribution >= 4 is 35.6 Å². The minimum atomic E-state index is -0.600. The number of rotatable bonds is 13. The average molecular weight is 587 g/mol. The first kappa shape index (κ1) is 31.1. The maximum absolute atomic E-state index is 12.9. The molecule has 10 nitrogen and oxygen atoms in total. The lowest BCUT2D eigenvalue weighted by atomic mass is 9.88. The van der Waals surface area contributed by atoms with Gasteiger partial charge in [0.25, 0.3) is 23.6 Å². The predicted octanol–water partition coefficient (Wildman–Crippen LogP) is 4.51. The summed E-state index contributed by atoms with van der Waals surface area (Å²) in [6.07, 6.45) is 2.53. The minimum Gasteiger partial charge on any atom is -0.458 e. The number of nitrogens with one attached hydrogen (secondary N) is 2. The molecule has 0 aliphatic carbocycles. The Hall–Kier alpha value is -4.86. The highest BCUT2D eigenvalue weighted by molar-refractivity contribution is 6.23. The molecule has 43 heavy (non-hydrogen) atoms. The van der Waals surface area contributed by atoms with Gasteiger partial charge >= 0.3 is 11.9 Å². The van der Waals surface area contributed by atoms with Gasteiger partial charge in [0.2, 0.25) is 0 Å². The van der Waals surface area contributed by atoms with E-state index in [4.69, 9.17) is 9.47 Å². The summed E-state index contributed by atoms with van der Waals surface area (Å²) in [4.78, 5) is 75.5. The van der Waals surface area contributed by atoms with Crippen LogP contribution in [0.1, 0.15) is 113 Å². The first-order valence-electron chi connectivity index (χ1n) is 14.0. The number of esters is 2. The van der Waals surface area contributed by atoms with E-state index in [0.717, 1.165) is 0 Å². The van der Waals surface area contributed by atoms with Crippen LogP contribution in [0.3, 0.4) is 0 Å². The fourth-order valence-corrected chi connectivity index (χ4v) is 5.26. The van der Waals surface area contributed by atoms with E-state index in [9.17, 15) is 28.8 Å². The second-order valence-corrected chi connectivity index (χ2v) is 11.2. The molecule has 2 aliphatic rings. The third kappa shape index (κ3) is 6.80. The van der Waals surface area contributed by atoms with Crippen LogP contribution in [0.25, 0.3) is 0 Å². The van der Waals surface area contributed by atoms with Gasteiger partial charge in [0.15, 0.2) is 0 Å². The Bertz CT molecular complexity index is 1590. The van der Waals surface area contributed by atoms with E-state index in [1.54, 1.807) is 13.8 Å². The lowest BCUT2D eigenvalue weighted by Gasteiger charge is -2.17. The molecular weight excluding hydrogens is 552 g/mol. The highest BCUT2D eigenvalue weighted by Crippen LogP contribution is 2.30. The average Bonchev–Trinajstić information content (AvgIpc) is 3.42. The number of carbonyl (C=O) groups excluding carboxylic acids is 6. The summed E-state index contributed by atoms with van der Waals surface area (Å²) >= 11 is 0. The third-order valence-electron chi connectivity index (χ3n) is 7.37. The second kappa shape index (κ2) is 13.0. The number of benzene rings is 2. The predicted molar refractivity (Wildman–Crippen MR) is 157 cm³/mol. The molecule has 1 unspecified atom stereocenters. The number of carbonyl (C=O) groups is 6. The molecule has 2 aromatic carbocycles. The van der Waals surface area contributed by atoms with E-state index in [1.165, 1.54) is 24.3 Å². The SMILES string of the molecule is C=C(C)COC(=O)c1ccc2c(c1CCCC(C)CCc1c(C(=O)OCC(=C)C)ccc3c1C(=O)NC3=O)C(=O)NC2=O.